The molecule has 0 saturated heterocycles. The van der Waals surface area contributed by atoms with Gasteiger partial charge in [-0.15, -0.1) is 0 Å². The molecule has 0 spiro atoms. The van der Waals surface area contributed by atoms with Crippen molar-refractivity contribution in [2.24, 2.45) is 0 Å². The zero-order valence-electron chi connectivity index (χ0n) is 21.1. The SMILES string of the molecule is CC(C)(C)c1ccc2c(c1)N(S(C)(=O)=O)CC(C(=O)NCCOc1ccccc1C(C)(C)C)O2. The first-order chi connectivity index (χ1) is 15.7. The number of amides is 1. The average molecular weight is 489 g/mol. The molecule has 0 saturated carbocycles. The van der Waals surface area contributed by atoms with E-state index in [-0.39, 0.29) is 36.4 Å². The fourth-order valence-corrected chi connectivity index (χ4v) is 4.74. The van der Waals surface area contributed by atoms with Gasteiger partial charge in [0.1, 0.15) is 18.1 Å². The van der Waals surface area contributed by atoms with Crippen molar-refractivity contribution in [3.05, 3.63) is 53.6 Å². The number of ether oxygens (including phenoxy) is 2. The Labute approximate surface area is 203 Å². The standard InChI is InChI=1S/C26H36N2O5S/c1-25(2,3)18-12-13-22-20(16-18)28(34(7,30)31)17-23(33-22)24(29)27-14-15-32-21-11-9-8-10-19(21)26(4,5)6/h8-13,16,23H,14-15,17H2,1-7H3,(H,27,29). The van der Waals surface area contributed by atoms with Crippen LogP contribution in [0.2, 0.25) is 0 Å². The van der Waals surface area contributed by atoms with Crippen molar-refractivity contribution in [3.63, 3.8) is 0 Å². The Morgan fingerprint density at radius 1 is 1.09 bits per heavy atom. The van der Waals surface area contributed by atoms with Gasteiger partial charge in [-0.25, -0.2) is 8.42 Å². The number of nitrogens with zero attached hydrogens (tertiary/aromatic N) is 1. The molecule has 3 rings (SSSR count). The van der Waals surface area contributed by atoms with Crippen molar-refractivity contribution >= 4 is 21.6 Å². The first-order valence-corrected chi connectivity index (χ1v) is 13.3. The number of rotatable bonds is 6. The number of anilines is 1. The molecule has 8 heteroatoms. The molecule has 2 aromatic carbocycles. The summed E-state index contributed by atoms with van der Waals surface area (Å²) >= 11 is 0. The molecule has 7 nitrogen and oxygen atoms in total. The smallest absolute Gasteiger partial charge is 0.263 e. The van der Waals surface area contributed by atoms with Crippen molar-refractivity contribution in [3.8, 4) is 11.5 Å². The van der Waals surface area contributed by atoms with Gasteiger partial charge in [0.25, 0.3) is 5.91 Å². The third-order valence-corrected chi connectivity index (χ3v) is 6.89. The Hall–Kier alpha value is -2.74. The number of para-hydroxylation sites is 1. The number of nitrogens with one attached hydrogen (secondary N) is 1. The van der Waals surface area contributed by atoms with E-state index in [0.29, 0.717) is 11.4 Å². The molecule has 1 aliphatic rings. The Balaban J connectivity index is 1.68. The van der Waals surface area contributed by atoms with Gasteiger partial charge in [0.2, 0.25) is 10.0 Å². The molecule has 0 aliphatic carbocycles. The lowest BCUT2D eigenvalue weighted by Crippen LogP contribution is -2.51. The van der Waals surface area contributed by atoms with E-state index in [0.717, 1.165) is 23.1 Å². The molecule has 1 unspecified atom stereocenters. The van der Waals surface area contributed by atoms with Crippen molar-refractivity contribution in [1.82, 2.24) is 5.32 Å². The third kappa shape index (κ3) is 6.03. The van der Waals surface area contributed by atoms with Crippen LogP contribution in [0.15, 0.2) is 42.5 Å². The van der Waals surface area contributed by atoms with E-state index in [1.54, 1.807) is 6.07 Å². The minimum atomic E-state index is -3.60. The van der Waals surface area contributed by atoms with E-state index in [2.05, 4.69) is 46.9 Å². The second-order valence-corrected chi connectivity index (χ2v) is 12.6. The first-order valence-electron chi connectivity index (χ1n) is 11.5. The van der Waals surface area contributed by atoms with Crippen molar-refractivity contribution in [2.75, 3.05) is 30.3 Å². The zero-order chi connectivity index (χ0) is 25.3. The number of hydrogen-bond donors (Lipinski definition) is 1. The molecule has 1 aliphatic heterocycles. The maximum absolute atomic E-state index is 12.8. The van der Waals surface area contributed by atoms with Gasteiger partial charge in [0, 0.05) is 0 Å². The summed E-state index contributed by atoms with van der Waals surface area (Å²) in [6.07, 6.45) is 0.186. The predicted molar refractivity (Wildman–Crippen MR) is 135 cm³/mol. The first kappa shape index (κ1) is 25.9. The summed E-state index contributed by atoms with van der Waals surface area (Å²) in [5.41, 5.74) is 2.32. The highest BCUT2D eigenvalue weighted by Gasteiger charge is 2.35. The van der Waals surface area contributed by atoms with Crippen LogP contribution < -0.4 is 19.1 Å². The number of benzene rings is 2. The van der Waals surface area contributed by atoms with Crippen molar-refractivity contribution in [1.29, 1.82) is 0 Å². The van der Waals surface area contributed by atoms with E-state index >= 15 is 0 Å². The number of carbonyl (C=O) groups excluding carboxylic acids is 1. The van der Waals surface area contributed by atoms with E-state index < -0.39 is 16.1 Å². The summed E-state index contributed by atoms with van der Waals surface area (Å²) in [5, 5.41) is 2.81. The minimum absolute atomic E-state index is 0.0644. The van der Waals surface area contributed by atoms with Gasteiger partial charge in [-0.05, 0) is 40.2 Å². The van der Waals surface area contributed by atoms with Crippen molar-refractivity contribution in [2.45, 2.75) is 58.5 Å². The molecule has 2 aromatic rings. The summed E-state index contributed by atoms with van der Waals surface area (Å²) in [6, 6.07) is 13.3. The van der Waals surface area contributed by atoms with Gasteiger partial charge in [0.15, 0.2) is 6.10 Å². The van der Waals surface area contributed by atoms with E-state index in [4.69, 9.17) is 9.47 Å². The van der Waals surface area contributed by atoms with Crippen LogP contribution in [0.4, 0.5) is 5.69 Å². The molecule has 1 heterocycles. The fraction of sp³-hybridized carbons (Fsp3) is 0.500. The highest BCUT2D eigenvalue weighted by molar-refractivity contribution is 7.92. The average Bonchev–Trinajstić information content (AvgIpc) is 2.73. The molecular formula is C26H36N2O5S. The monoisotopic (exact) mass is 488 g/mol. The number of sulfonamides is 1. The molecule has 186 valence electrons. The van der Waals surface area contributed by atoms with Crippen LogP contribution in [0.1, 0.15) is 52.7 Å². The van der Waals surface area contributed by atoms with Crippen LogP contribution in [0.25, 0.3) is 0 Å². The Bertz CT molecular complexity index is 1150. The Morgan fingerprint density at radius 3 is 2.38 bits per heavy atom. The van der Waals surface area contributed by atoms with Gasteiger partial charge < -0.3 is 14.8 Å². The molecular weight excluding hydrogens is 452 g/mol. The highest BCUT2D eigenvalue weighted by atomic mass is 32.2. The summed E-state index contributed by atoms with van der Waals surface area (Å²) in [7, 11) is -3.60. The molecule has 34 heavy (non-hydrogen) atoms. The third-order valence-electron chi connectivity index (χ3n) is 5.74. The quantitative estimate of drug-likeness (QED) is 0.621. The molecule has 0 radical (unpaired) electrons. The second kappa shape index (κ2) is 9.49. The molecule has 1 atom stereocenters. The maximum atomic E-state index is 12.8. The van der Waals surface area contributed by atoms with Crippen LogP contribution in [-0.2, 0) is 25.6 Å². The lowest BCUT2D eigenvalue weighted by Gasteiger charge is -2.35. The van der Waals surface area contributed by atoms with Crippen LogP contribution in [-0.4, -0.2) is 46.4 Å². The minimum Gasteiger partial charge on any atom is -0.491 e. The second-order valence-electron chi connectivity index (χ2n) is 10.7. The van der Waals surface area contributed by atoms with E-state index in [1.165, 1.54) is 4.31 Å². The van der Waals surface area contributed by atoms with Gasteiger partial charge >= 0.3 is 0 Å². The molecule has 0 aromatic heterocycles. The lowest BCUT2D eigenvalue weighted by atomic mass is 9.86. The van der Waals surface area contributed by atoms with Crippen molar-refractivity contribution < 1.29 is 22.7 Å². The Morgan fingerprint density at radius 2 is 1.76 bits per heavy atom. The zero-order valence-corrected chi connectivity index (χ0v) is 22.0. The number of hydrogen-bond acceptors (Lipinski definition) is 5. The van der Waals surface area contributed by atoms with E-state index in [1.807, 2.05) is 36.4 Å². The van der Waals surface area contributed by atoms with E-state index in [9.17, 15) is 13.2 Å². The summed E-state index contributed by atoms with van der Waals surface area (Å²) in [5.74, 6) is 0.775. The largest absolute Gasteiger partial charge is 0.491 e. The summed E-state index contributed by atoms with van der Waals surface area (Å²) < 4.78 is 38.1. The normalized spacial score (nSPS) is 16.4. The van der Waals surface area contributed by atoms with Gasteiger partial charge in [0.05, 0.1) is 25.0 Å². The summed E-state index contributed by atoms with van der Waals surface area (Å²) in [4.78, 5) is 12.8. The van der Waals surface area contributed by atoms with Crippen LogP contribution in [0.3, 0.4) is 0 Å². The maximum Gasteiger partial charge on any atom is 0.263 e. The molecule has 1 N–H and O–H groups in total. The predicted octanol–water partition coefficient (Wildman–Crippen LogP) is 4.00. The fourth-order valence-electron chi connectivity index (χ4n) is 3.83. The number of carbonyl (C=O) groups is 1. The van der Waals surface area contributed by atoms with Crippen LogP contribution >= 0.6 is 0 Å². The van der Waals surface area contributed by atoms with Gasteiger partial charge in [-0.3, -0.25) is 9.10 Å². The van der Waals surface area contributed by atoms with Crippen LogP contribution in [0, 0.1) is 0 Å². The lowest BCUT2D eigenvalue weighted by molar-refractivity contribution is -0.127. The number of fused-ring (bicyclic) bond motifs is 1. The molecule has 0 bridgehead atoms. The van der Waals surface area contributed by atoms with Crippen LogP contribution in [0.5, 0.6) is 11.5 Å². The summed E-state index contributed by atoms with van der Waals surface area (Å²) in [6.45, 7) is 13.0. The van der Waals surface area contributed by atoms with Gasteiger partial charge in [-0.1, -0.05) is 65.8 Å². The molecule has 0 fully saturated rings. The Kier molecular flexibility index (Phi) is 7.22. The topological polar surface area (TPSA) is 84.9 Å². The molecule has 1 amide bonds. The van der Waals surface area contributed by atoms with Gasteiger partial charge in [-0.2, -0.15) is 0 Å². The highest BCUT2D eigenvalue weighted by Crippen LogP contribution is 2.38.